The summed E-state index contributed by atoms with van der Waals surface area (Å²) in [7, 11) is 0. The smallest absolute Gasteiger partial charge is 0.271 e. The SMILES string of the molecule is O=C(Nc1cccc([N+](=O)[O-])c1)c1ccnc2ccccc12. The number of rotatable bonds is 3. The third-order valence-electron chi connectivity index (χ3n) is 3.21. The number of hydrogen-bond acceptors (Lipinski definition) is 4. The number of carbonyl (C=O) groups is 1. The number of nitro groups is 1. The lowest BCUT2D eigenvalue weighted by atomic mass is 10.1. The van der Waals surface area contributed by atoms with Gasteiger partial charge in [0.25, 0.3) is 11.6 Å². The van der Waals surface area contributed by atoms with Crippen LogP contribution in [0.15, 0.2) is 60.8 Å². The zero-order chi connectivity index (χ0) is 15.5. The van der Waals surface area contributed by atoms with Crippen LogP contribution in [0.5, 0.6) is 0 Å². The van der Waals surface area contributed by atoms with Gasteiger partial charge in [-0.05, 0) is 18.2 Å². The van der Waals surface area contributed by atoms with Crippen LogP contribution < -0.4 is 5.32 Å². The van der Waals surface area contributed by atoms with E-state index in [0.29, 0.717) is 16.8 Å². The first-order valence-electron chi connectivity index (χ1n) is 6.55. The Labute approximate surface area is 125 Å². The molecular weight excluding hydrogens is 282 g/mol. The first kappa shape index (κ1) is 13.7. The second-order valence-electron chi connectivity index (χ2n) is 4.64. The molecule has 0 saturated heterocycles. The van der Waals surface area contributed by atoms with Crippen LogP contribution in [0.3, 0.4) is 0 Å². The van der Waals surface area contributed by atoms with E-state index in [1.165, 1.54) is 18.2 Å². The van der Waals surface area contributed by atoms with Gasteiger partial charge in [0.15, 0.2) is 0 Å². The molecule has 22 heavy (non-hydrogen) atoms. The highest BCUT2D eigenvalue weighted by Crippen LogP contribution is 2.20. The third kappa shape index (κ3) is 2.62. The Morgan fingerprint density at radius 3 is 2.73 bits per heavy atom. The Hall–Kier alpha value is -3.28. The van der Waals surface area contributed by atoms with Crippen molar-refractivity contribution < 1.29 is 9.72 Å². The molecule has 3 rings (SSSR count). The minimum absolute atomic E-state index is 0.0719. The Bertz CT molecular complexity index is 872. The fourth-order valence-electron chi connectivity index (χ4n) is 2.19. The Morgan fingerprint density at radius 2 is 1.91 bits per heavy atom. The molecule has 1 amide bonds. The molecule has 0 unspecified atom stereocenters. The molecule has 0 bridgehead atoms. The number of fused-ring (bicyclic) bond motifs is 1. The van der Waals surface area contributed by atoms with Crippen LogP contribution in [0.2, 0.25) is 0 Å². The number of nitro benzene ring substituents is 1. The Kier molecular flexibility index (Phi) is 3.49. The average molecular weight is 293 g/mol. The Balaban J connectivity index is 1.94. The van der Waals surface area contributed by atoms with Crippen molar-refractivity contribution in [2.75, 3.05) is 5.32 Å². The van der Waals surface area contributed by atoms with Crippen molar-refractivity contribution in [3.8, 4) is 0 Å². The number of benzene rings is 2. The second kappa shape index (κ2) is 5.61. The molecule has 0 saturated carbocycles. The summed E-state index contributed by atoms with van der Waals surface area (Å²) in [4.78, 5) is 26.9. The maximum absolute atomic E-state index is 12.4. The van der Waals surface area contributed by atoms with Crippen LogP contribution in [0.25, 0.3) is 10.9 Å². The molecule has 0 aliphatic rings. The zero-order valence-corrected chi connectivity index (χ0v) is 11.4. The van der Waals surface area contributed by atoms with Gasteiger partial charge in [0.05, 0.1) is 16.0 Å². The minimum atomic E-state index is -0.502. The number of carbonyl (C=O) groups excluding carboxylic acids is 1. The molecule has 6 heteroatoms. The molecule has 0 aliphatic heterocycles. The van der Waals surface area contributed by atoms with Gasteiger partial charge in [0.2, 0.25) is 0 Å². The number of hydrogen-bond donors (Lipinski definition) is 1. The molecular formula is C16H11N3O3. The van der Waals surface area contributed by atoms with Gasteiger partial charge in [-0.25, -0.2) is 0 Å². The van der Waals surface area contributed by atoms with Crippen molar-refractivity contribution in [3.63, 3.8) is 0 Å². The summed E-state index contributed by atoms with van der Waals surface area (Å²) in [6, 6.07) is 14.7. The van der Waals surface area contributed by atoms with Crippen LogP contribution in [0.4, 0.5) is 11.4 Å². The van der Waals surface area contributed by atoms with E-state index in [9.17, 15) is 14.9 Å². The number of amides is 1. The third-order valence-corrected chi connectivity index (χ3v) is 3.21. The molecule has 0 atom stereocenters. The van der Waals surface area contributed by atoms with Crippen LogP contribution in [-0.2, 0) is 0 Å². The number of anilines is 1. The lowest BCUT2D eigenvalue weighted by Gasteiger charge is -2.07. The fourth-order valence-corrected chi connectivity index (χ4v) is 2.19. The minimum Gasteiger partial charge on any atom is -0.322 e. The summed E-state index contributed by atoms with van der Waals surface area (Å²) < 4.78 is 0. The number of aromatic nitrogens is 1. The highest BCUT2D eigenvalue weighted by atomic mass is 16.6. The van der Waals surface area contributed by atoms with Gasteiger partial charge >= 0.3 is 0 Å². The highest BCUT2D eigenvalue weighted by Gasteiger charge is 2.12. The van der Waals surface area contributed by atoms with Gasteiger partial charge in [-0.3, -0.25) is 19.9 Å². The van der Waals surface area contributed by atoms with Gasteiger partial charge in [0, 0.05) is 29.4 Å². The molecule has 0 spiro atoms. The monoisotopic (exact) mass is 293 g/mol. The van der Waals surface area contributed by atoms with E-state index in [4.69, 9.17) is 0 Å². The van der Waals surface area contributed by atoms with E-state index in [1.807, 2.05) is 24.3 Å². The van der Waals surface area contributed by atoms with E-state index in [-0.39, 0.29) is 11.6 Å². The van der Waals surface area contributed by atoms with Crippen LogP contribution >= 0.6 is 0 Å². The summed E-state index contributed by atoms with van der Waals surface area (Å²) in [5.74, 6) is -0.334. The topological polar surface area (TPSA) is 85.1 Å². The number of non-ortho nitro benzene ring substituents is 1. The van der Waals surface area contributed by atoms with Gasteiger partial charge in [-0.1, -0.05) is 24.3 Å². The fraction of sp³-hybridized carbons (Fsp3) is 0. The predicted octanol–water partition coefficient (Wildman–Crippen LogP) is 3.40. The first-order valence-corrected chi connectivity index (χ1v) is 6.55. The zero-order valence-electron chi connectivity index (χ0n) is 11.4. The summed E-state index contributed by atoms with van der Waals surface area (Å²) in [6.45, 7) is 0. The average Bonchev–Trinajstić information content (AvgIpc) is 2.54. The maximum atomic E-state index is 12.4. The van der Waals surface area contributed by atoms with Gasteiger partial charge < -0.3 is 5.32 Å². The van der Waals surface area contributed by atoms with E-state index in [1.54, 1.807) is 18.3 Å². The molecule has 108 valence electrons. The largest absolute Gasteiger partial charge is 0.322 e. The molecule has 1 aromatic heterocycles. The van der Waals surface area contributed by atoms with Crippen molar-refractivity contribution in [1.82, 2.24) is 4.98 Å². The summed E-state index contributed by atoms with van der Waals surface area (Å²) in [5.41, 5.74) is 1.49. The van der Waals surface area contributed by atoms with Crippen molar-refractivity contribution in [3.05, 3.63) is 76.5 Å². The quantitative estimate of drug-likeness (QED) is 0.592. The molecule has 6 nitrogen and oxygen atoms in total. The molecule has 1 N–H and O–H groups in total. The molecule has 0 aliphatic carbocycles. The van der Waals surface area contributed by atoms with Gasteiger partial charge in [-0.2, -0.15) is 0 Å². The van der Waals surface area contributed by atoms with Crippen molar-refractivity contribution in [2.45, 2.75) is 0 Å². The highest BCUT2D eigenvalue weighted by molar-refractivity contribution is 6.12. The van der Waals surface area contributed by atoms with E-state index < -0.39 is 4.92 Å². The van der Waals surface area contributed by atoms with Crippen LogP contribution in [0, 0.1) is 10.1 Å². The predicted molar refractivity (Wildman–Crippen MR) is 82.8 cm³/mol. The van der Waals surface area contributed by atoms with E-state index >= 15 is 0 Å². The van der Waals surface area contributed by atoms with Crippen LogP contribution in [-0.4, -0.2) is 15.8 Å². The lowest BCUT2D eigenvalue weighted by molar-refractivity contribution is -0.384. The van der Waals surface area contributed by atoms with E-state index in [0.717, 1.165) is 5.39 Å². The maximum Gasteiger partial charge on any atom is 0.271 e. The van der Waals surface area contributed by atoms with Crippen molar-refractivity contribution in [2.24, 2.45) is 0 Å². The number of para-hydroxylation sites is 1. The van der Waals surface area contributed by atoms with Crippen molar-refractivity contribution in [1.29, 1.82) is 0 Å². The molecule has 3 aromatic rings. The second-order valence-corrected chi connectivity index (χ2v) is 4.64. The summed E-state index contributed by atoms with van der Waals surface area (Å²) in [6.07, 6.45) is 1.56. The summed E-state index contributed by atoms with van der Waals surface area (Å²) >= 11 is 0. The molecule has 1 heterocycles. The Morgan fingerprint density at radius 1 is 1.09 bits per heavy atom. The standard InChI is InChI=1S/C16H11N3O3/c20-16(18-11-4-3-5-12(10-11)19(21)22)14-8-9-17-15-7-2-1-6-13(14)15/h1-10H,(H,18,20). The lowest BCUT2D eigenvalue weighted by Crippen LogP contribution is -2.12. The molecule has 2 aromatic carbocycles. The van der Waals surface area contributed by atoms with Gasteiger partial charge in [0.1, 0.15) is 0 Å². The normalized spacial score (nSPS) is 10.4. The number of pyridine rings is 1. The van der Waals surface area contributed by atoms with Crippen LogP contribution in [0.1, 0.15) is 10.4 Å². The van der Waals surface area contributed by atoms with E-state index in [2.05, 4.69) is 10.3 Å². The van der Waals surface area contributed by atoms with Gasteiger partial charge in [-0.15, -0.1) is 0 Å². The molecule has 0 radical (unpaired) electrons. The number of nitrogens with zero attached hydrogens (tertiary/aromatic N) is 2. The molecule has 0 fully saturated rings. The number of nitrogens with one attached hydrogen (secondary N) is 1. The van der Waals surface area contributed by atoms with Crippen molar-refractivity contribution >= 4 is 28.2 Å². The summed E-state index contributed by atoms with van der Waals surface area (Å²) in [5, 5.41) is 14.2. The first-order chi connectivity index (χ1) is 10.6.